The summed E-state index contributed by atoms with van der Waals surface area (Å²) in [6.07, 6.45) is 0.328. The molecule has 0 radical (unpaired) electrons. The van der Waals surface area contributed by atoms with Crippen LogP contribution in [0.25, 0.3) is 0 Å². The van der Waals surface area contributed by atoms with Crippen LogP contribution in [-0.4, -0.2) is 25.0 Å². The molecule has 0 unspecified atom stereocenters. The van der Waals surface area contributed by atoms with Crippen LogP contribution >= 0.6 is 0 Å². The second-order valence-electron chi connectivity index (χ2n) is 6.68. The normalized spacial score (nSPS) is 10.3. The number of aryl methyl sites for hydroxylation is 3. The van der Waals surface area contributed by atoms with Crippen molar-refractivity contribution in [2.24, 2.45) is 0 Å². The number of ether oxygens (including phenoxy) is 1. The fourth-order valence-electron chi connectivity index (χ4n) is 2.48. The summed E-state index contributed by atoms with van der Waals surface area (Å²) >= 11 is 0. The maximum Gasteiger partial charge on any atom is 0.262 e. The lowest BCUT2D eigenvalue weighted by Crippen LogP contribution is -2.31. The van der Waals surface area contributed by atoms with Crippen molar-refractivity contribution in [2.75, 3.05) is 13.2 Å². The standard InChI is InChI=1S/C22H25FN2O3/c1-14-5-8-20(23)19(11-14)22(27)24-10-9-17(4)25-21(26)13-28-18-7-6-15(2)16(3)12-18/h5-8,11-12H,4,9-10,13H2,1-3H3,(H,24,27)(H,25,26). The molecule has 0 aliphatic heterocycles. The van der Waals surface area contributed by atoms with Gasteiger partial charge in [0.25, 0.3) is 11.8 Å². The Balaban J connectivity index is 1.72. The Labute approximate surface area is 164 Å². The Bertz CT molecular complexity index is 893. The number of carbonyl (C=O) groups is 2. The minimum atomic E-state index is -0.571. The number of benzene rings is 2. The Morgan fingerprint density at radius 2 is 1.82 bits per heavy atom. The van der Waals surface area contributed by atoms with E-state index in [-0.39, 0.29) is 24.6 Å². The van der Waals surface area contributed by atoms with Crippen LogP contribution in [0, 0.1) is 26.6 Å². The quantitative estimate of drug-likeness (QED) is 0.731. The highest BCUT2D eigenvalue weighted by Gasteiger charge is 2.12. The van der Waals surface area contributed by atoms with Gasteiger partial charge in [-0.3, -0.25) is 9.59 Å². The highest BCUT2D eigenvalue weighted by atomic mass is 19.1. The molecule has 6 heteroatoms. The van der Waals surface area contributed by atoms with Crippen LogP contribution in [-0.2, 0) is 4.79 Å². The number of halogens is 1. The highest BCUT2D eigenvalue weighted by Crippen LogP contribution is 2.16. The zero-order valence-electron chi connectivity index (χ0n) is 16.4. The molecule has 2 rings (SSSR count). The predicted octanol–water partition coefficient (Wildman–Crippen LogP) is 3.58. The lowest BCUT2D eigenvalue weighted by molar-refractivity contribution is -0.122. The van der Waals surface area contributed by atoms with Crippen molar-refractivity contribution < 1.29 is 18.7 Å². The number of amides is 2. The van der Waals surface area contributed by atoms with Gasteiger partial charge in [-0.1, -0.05) is 24.3 Å². The molecule has 0 atom stereocenters. The second kappa shape index (κ2) is 9.69. The van der Waals surface area contributed by atoms with E-state index in [1.165, 1.54) is 12.1 Å². The van der Waals surface area contributed by atoms with E-state index >= 15 is 0 Å². The van der Waals surface area contributed by atoms with E-state index in [9.17, 15) is 14.0 Å². The minimum Gasteiger partial charge on any atom is -0.484 e. The largest absolute Gasteiger partial charge is 0.484 e. The summed E-state index contributed by atoms with van der Waals surface area (Å²) in [4.78, 5) is 24.0. The van der Waals surface area contributed by atoms with Gasteiger partial charge in [-0.2, -0.15) is 0 Å². The molecule has 0 aliphatic rings. The minimum absolute atomic E-state index is 0.00330. The summed E-state index contributed by atoms with van der Waals surface area (Å²) in [5, 5.41) is 5.24. The molecule has 0 saturated carbocycles. The number of carbonyl (C=O) groups excluding carboxylic acids is 2. The van der Waals surface area contributed by atoms with E-state index in [0.717, 1.165) is 16.7 Å². The SMILES string of the molecule is C=C(CCNC(=O)c1cc(C)ccc1F)NC(=O)COc1ccc(C)c(C)c1. The van der Waals surface area contributed by atoms with E-state index in [2.05, 4.69) is 17.2 Å². The molecule has 0 spiro atoms. The molecule has 0 heterocycles. The van der Waals surface area contributed by atoms with Crippen LogP contribution in [0.5, 0.6) is 5.75 Å². The fraction of sp³-hybridized carbons (Fsp3) is 0.273. The van der Waals surface area contributed by atoms with Crippen molar-refractivity contribution in [3.63, 3.8) is 0 Å². The summed E-state index contributed by atoms with van der Waals surface area (Å²) in [6, 6.07) is 9.97. The zero-order chi connectivity index (χ0) is 20.7. The summed E-state index contributed by atoms with van der Waals surface area (Å²) in [5.41, 5.74) is 3.48. The third-order valence-corrected chi connectivity index (χ3v) is 4.24. The smallest absolute Gasteiger partial charge is 0.262 e. The van der Waals surface area contributed by atoms with Gasteiger partial charge >= 0.3 is 0 Å². The Kier molecular flexibility index (Phi) is 7.32. The molecule has 148 valence electrons. The van der Waals surface area contributed by atoms with Crippen molar-refractivity contribution in [3.8, 4) is 5.75 Å². The van der Waals surface area contributed by atoms with Crippen LogP contribution < -0.4 is 15.4 Å². The Morgan fingerprint density at radius 3 is 2.54 bits per heavy atom. The number of nitrogens with one attached hydrogen (secondary N) is 2. The molecule has 2 N–H and O–H groups in total. The van der Waals surface area contributed by atoms with Gasteiger partial charge in [0.15, 0.2) is 6.61 Å². The van der Waals surface area contributed by atoms with Gasteiger partial charge in [0.1, 0.15) is 11.6 Å². The first-order valence-electron chi connectivity index (χ1n) is 8.98. The predicted molar refractivity (Wildman–Crippen MR) is 107 cm³/mol. The van der Waals surface area contributed by atoms with Crippen LogP contribution in [0.1, 0.15) is 33.5 Å². The molecule has 0 aromatic heterocycles. The van der Waals surface area contributed by atoms with Gasteiger partial charge < -0.3 is 15.4 Å². The fourth-order valence-corrected chi connectivity index (χ4v) is 2.48. The van der Waals surface area contributed by atoms with Crippen LogP contribution in [0.3, 0.4) is 0 Å². The van der Waals surface area contributed by atoms with Crippen molar-refractivity contribution in [3.05, 3.63) is 76.7 Å². The van der Waals surface area contributed by atoms with Gasteiger partial charge in [0.05, 0.1) is 5.56 Å². The van der Waals surface area contributed by atoms with Crippen molar-refractivity contribution in [1.82, 2.24) is 10.6 Å². The summed E-state index contributed by atoms with van der Waals surface area (Å²) in [5.74, 6) is -0.785. The monoisotopic (exact) mass is 384 g/mol. The molecule has 0 bridgehead atoms. The first-order valence-corrected chi connectivity index (χ1v) is 8.98. The van der Waals surface area contributed by atoms with E-state index in [1.54, 1.807) is 13.0 Å². The average molecular weight is 384 g/mol. The third-order valence-electron chi connectivity index (χ3n) is 4.24. The number of rotatable bonds is 8. The molecular weight excluding hydrogens is 359 g/mol. The molecule has 2 amide bonds. The maximum atomic E-state index is 13.7. The molecular formula is C22H25FN2O3. The molecule has 28 heavy (non-hydrogen) atoms. The van der Waals surface area contributed by atoms with E-state index in [1.807, 2.05) is 32.0 Å². The lowest BCUT2D eigenvalue weighted by atomic mass is 10.1. The third kappa shape index (κ3) is 6.23. The molecule has 2 aromatic carbocycles. The van der Waals surface area contributed by atoms with Crippen LogP contribution in [0.4, 0.5) is 4.39 Å². The van der Waals surface area contributed by atoms with Crippen molar-refractivity contribution >= 4 is 11.8 Å². The van der Waals surface area contributed by atoms with Gasteiger partial charge in [-0.25, -0.2) is 4.39 Å². The number of hydrogen-bond donors (Lipinski definition) is 2. The van der Waals surface area contributed by atoms with Crippen molar-refractivity contribution in [2.45, 2.75) is 27.2 Å². The van der Waals surface area contributed by atoms with Crippen molar-refractivity contribution in [1.29, 1.82) is 0 Å². The summed E-state index contributed by atoms with van der Waals surface area (Å²) < 4.78 is 19.2. The van der Waals surface area contributed by atoms with Gasteiger partial charge in [-0.15, -0.1) is 0 Å². The van der Waals surface area contributed by atoms with Crippen LogP contribution in [0.2, 0.25) is 0 Å². The highest BCUT2D eigenvalue weighted by molar-refractivity contribution is 5.94. The number of hydrogen-bond acceptors (Lipinski definition) is 3. The average Bonchev–Trinajstić information content (AvgIpc) is 2.64. The lowest BCUT2D eigenvalue weighted by Gasteiger charge is -2.11. The first-order chi connectivity index (χ1) is 13.3. The molecule has 0 fully saturated rings. The van der Waals surface area contributed by atoms with E-state index in [0.29, 0.717) is 17.9 Å². The summed E-state index contributed by atoms with van der Waals surface area (Å²) in [6.45, 7) is 9.61. The van der Waals surface area contributed by atoms with Crippen LogP contribution in [0.15, 0.2) is 48.7 Å². The molecule has 5 nitrogen and oxygen atoms in total. The molecule has 0 saturated heterocycles. The van der Waals surface area contributed by atoms with Gasteiger partial charge in [0.2, 0.25) is 0 Å². The maximum absolute atomic E-state index is 13.7. The van der Waals surface area contributed by atoms with E-state index < -0.39 is 11.7 Å². The zero-order valence-corrected chi connectivity index (χ0v) is 16.4. The second-order valence-corrected chi connectivity index (χ2v) is 6.68. The Morgan fingerprint density at radius 1 is 1.07 bits per heavy atom. The van der Waals surface area contributed by atoms with E-state index in [4.69, 9.17) is 4.74 Å². The molecule has 2 aromatic rings. The molecule has 0 aliphatic carbocycles. The van der Waals surface area contributed by atoms with Gasteiger partial charge in [0, 0.05) is 18.7 Å². The summed E-state index contributed by atoms with van der Waals surface area (Å²) in [7, 11) is 0. The van der Waals surface area contributed by atoms with Gasteiger partial charge in [-0.05, 0) is 56.2 Å². The Hall–Kier alpha value is -3.15. The topological polar surface area (TPSA) is 67.4 Å². The first kappa shape index (κ1) is 21.2.